The Kier molecular flexibility index (Phi) is 7.51. The van der Waals surface area contributed by atoms with Crippen LogP contribution in [-0.4, -0.2) is 30.6 Å². The second kappa shape index (κ2) is 8.62. The van der Waals surface area contributed by atoms with Gasteiger partial charge in [-0.3, -0.25) is 4.79 Å². The van der Waals surface area contributed by atoms with Crippen molar-refractivity contribution in [3.63, 3.8) is 0 Å². The first-order valence-corrected chi connectivity index (χ1v) is 7.92. The largest absolute Gasteiger partial charge is 0.397 e. The van der Waals surface area contributed by atoms with Crippen molar-refractivity contribution in [2.45, 2.75) is 18.6 Å². The van der Waals surface area contributed by atoms with Crippen molar-refractivity contribution in [1.82, 2.24) is 0 Å². The van der Waals surface area contributed by atoms with Crippen molar-refractivity contribution in [2.75, 3.05) is 30.5 Å². The molecule has 0 aliphatic rings. The van der Waals surface area contributed by atoms with Crippen molar-refractivity contribution in [2.24, 2.45) is 0 Å². The highest BCUT2D eigenvalue weighted by Crippen LogP contribution is 2.32. The molecule has 0 saturated carbocycles. The maximum Gasteiger partial charge on any atom is 0.237 e. The molecule has 4 nitrogen and oxygen atoms in total. The lowest BCUT2D eigenvalue weighted by Crippen LogP contribution is -2.23. The summed E-state index contributed by atoms with van der Waals surface area (Å²) in [4.78, 5) is 12.1. The van der Waals surface area contributed by atoms with Crippen LogP contribution in [0.15, 0.2) is 12.1 Å². The van der Waals surface area contributed by atoms with Gasteiger partial charge in [-0.1, -0.05) is 23.2 Å². The number of nitrogens with one attached hydrogen (secondary N) is 1. The zero-order chi connectivity index (χ0) is 15.1. The Morgan fingerprint density at radius 3 is 2.80 bits per heavy atom. The van der Waals surface area contributed by atoms with Gasteiger partial charge in [0.2, 0.25) is 5.91 Å². The molecular weight excluding hydrogens is 319 g/mol. The number of ether oxygens (including phenoxy) is 1. The maximum atomic E-state index is 12.1. The van der Waals surface area contributed by atoms with E-state index in [2.05, 4.69) is 5.32 Å². The molecule has 0 aliphatic carbocycles. The van der Waals surface area contributed by atoms with Crippen LogP contribution in [-0.2, 0) is 9.53 Å². The maximum absolute atomic E-state index is 12.1. The topological polar surface area (TPSA) is 64.3 Å². The van der Waals surface area contributed by atoms with Gasteiger partial charge in [0.1, 0.15) is 0 Å². The van der Waals surface area contributed by atoms with Crippen LogP contribution in [0.5, 0.6) is 0 Å². The minimum Gasteiger partial charge on any atom is -0.397 e. The van der Waals surface area contributed by atoms with Crippen molar-refractivity contribution in [1.29, 1.82) is 0 Å². The smallest absolute Gasteiger partial charge is 0.237 e. The fourth-order valence-corrected chi connectivity index (χ4v) is 2.89. The number of rotatable bonds is 7. The predicted molar refractivity (Wildman–Crippen MR) is 87.9 cm³/mol. The number of nitrogen functional groups attached to an aromatic ring is 1. The van der Waals surface area contributed by atoms with Gasteiger partial charge in [0, 0.05) is 18.7 Å². The first-order chi connectivity index (χ1) is 9.45. The van der Waals surface area contributed by atoms with E-state index in [9.17, 15) is 4.79 Å². The number of hydrogen-bond acceptors (Lipinski definition) is 4. The molecule has 1 amide bonds. The Balaban J connectivity index is 2.57. The summed E-state index contributed by atoms with van der Waals surface area (Å²) in [5, 5.41) is 3.31. The van der Waals surface area contributed by atoms with E-state index in [4.69, 9.17) is 33.7 Å². The molecule has 1 aromatic rings. The fourth-order valence-electron chi connectivity index (χ4n) is 1.49. The lowest BCUT2D eigenvalue weighted by Gasteiger charge is -2.14. The molecule has 0 bridgehead atoms. The van der Waals surface area contributed by atoms with Gasteiger partial charge in [0.05, 0.1) is 21.6 Å². The van der Waals surface area contributed by atoms with Crippen LogP contribution in [0.3, 0.4) is 0 Å². The number of anilines is 2. The van der Waals surface area contributed by atoms with Crippen LogP contribution in [0, 0.1) is 0 Å². The number of amides is 1. The van der Waals surface area contributed by atoms with E-state index in [1.807, 2.05) is 6.92 Å². The van der Waals surface area contributed by atoms with E-state index >= 15 is 0 Å². The average Bonchev–Trinajstić information content (AvgIpc) is 2.38. The average molecular weight is 337 g/mol. The molecule has 1 atom stereocenters. The van der Waals surface area contributed by atoms with Gasteiger partial charge in [-0.25, -0.2) is 0 Å². The number of nitrogens with two attached hydrogens (primary N) is 1. The Hall–Kier alpha value is -0.620. The van der Waals surface area contributed by atoms with Crippen LogP contribution in [0.2, 0.25) is 10.0 Å². The molecule has 112 valence electrons. The second-order valence-electron chi connectivity index (χ2n) is 4.20. The molecule has 1 unspecified atom stereocenters. The van der Waals surface area contributed by atoms with Gasteiger partial charge in [-0.05, 0) is 31.2 Å². The Labute approximate surface area is 133 Å². The molecule has 7 heteroatoms. The molecule has 0 heterocycles. The number of halogens is 2. The SMILES string of the molecule is COCCCSC(C)C(=O)Nc1c(N)cc(Cl)cc1Cl. The van der Waals surface area contributed by atoms with Crippen LogP contribution >= 0.6 is 35.0 Å². The molecule has 1 rings (SSSR count). The summed E-state index contributed by atoms with van der Waals surface area (Å²) in [6.45, 7) is 2.53. The van der Waals surface area contributed by atoms with Gasteiger partial charge in [-0.15, -0.1) is 11.8 Å². The molecule has 3 N–H and O–H groups in total. The van der Waals surface area contributed by atoms with E-state index in [0.717, 1.165) is 12.2 Å². The highest BCUT2D eigenvalue weighted by atomic mass is 35.5. The first kappa shape index (κ1) is 17.4. The van der Waals surface area contributed by atoms with Crippen molar-refractivity contribution in [3.8, 4) is 0 Å². The molecule has 0 spiro atoms. The monoisotopic (exact) mass is 336 g/mol. The summed E-state index contributed by atoms with van der Waals surface area (Å²) in [6, 6.07) is 3.10. The molecule has 0 fully saturated rings. The van der Waals surface area contributed by atoms with Gasteiger partial charge in [0.25, 0.3) is 0 Å². The number of carbonyl (C=O) groups is 1. The lowest BCUT2D eigenvalue weighted by atomic mass is 10.2. The fraction of sp³-hybridized carbons (Fsp3) is 0.462. The van der Waals surface area contributed by atoms with Crippen molar-refractivity contribution >= 4 is 52.2 Å². The van der Waals surface area contributed by atoms with E-state index in [1.54, 1.807) is 31.0 Å². The number of hydrogen-bond donors (Lipinski definition) is 2. The summed E-state index contributed by atoms with van der Waals surface area (Å²) >= 11 is 13.4. The summed E-state index contributed by atoms with van der Waals surface area (Å²) in [5.41, 5.74) is 6.57. The van der Waals surface area contributed by atoms with Crippen LogP contribution < -0.4 is 11.1 Å². The standard InChI is InChI=1S/C13H18Cl2N2O2S/c1-8(20-5-3-4-19-2)13(18)17-12-10(15)6-9(14)7-11(12)16/h6-8H,3-5,16H2,1-2H3,(H,17,18). The Morgan fingerprint density at radius 1 is 1.50 bits per heavy atom. The summed E-state index contributed by atoms with van der Waals surface area (Å²) in [6.07, 6.45) is 0.905. The summed E-state index contributed by atoms with van der Waals surface area (Å²) < 4.78 is 4.96. The third-order valence-corrected chi connectivity index (χ3v) is 4.32. The van der Waals surface area contributed by atoms with Crippen LogP contribution in [0.1, 0.15) is 13.3 Å². The third kappa shape index (κ3) is 5.40. The first-order valence-electron chi connectivity index (χ1n) is 6.11. The second-order valence-corrected chi connectivity index (χ2v) is 6.49. The Morgan fingerprint density at radius 2 is 2.20 bits per heavy atom. The normalized spacial score (nSPS) is 12.2. The van der Waals surface area contributed by atoms with Gasteiger partial charge in [-0.2, -0.15) is 0 Å². The third-order valence-electron chi connectivity index (χ3n) is 2.56. The van der Waals surface area contributed by atoms with E-state index in [-0.39, 0.29) is 11.2 Å². The minimum atomic E-state index is -0.196. The molecule has 0 aliphatic heterocycles. The summed E-state index contributed by atoms with van der Waals surface area (Å²) in [7, 11) is 1.66. The highest BCUT2D eigenvalue weighted by molar-refractivity contribution is 8.00. The molecule has 0 saturated heterocycles. The zero-order valence-corrected chi connectivity index (χ0v) is 13.7. The van der Waals surface area contributed by atoms with E-state index in [0.29, 0.717) is 28.0 Å². The highest BCUT2D eigenvalue weighted by Gasteiger charge is 2.16. The number of thioether (sulfide) groups is 1. The predicted octanol–water partition coefficient (Wildman–Crippen LogP) is 3.67. The molecule has 20 heavy (non-hydrogen) atoms. The van der Waals surface area contributed by atoms with E-state index < -0.39 is 0 Å². The van der Waals surface area contributed by atoms with E-state index in [1.165, 1.54) is 0 Å². The number of benzene rings is 1. The molecular formula is C13H18Cl2N2O2S. The summed E-state index contributed by atoms with van der Waals surface area (Å²) in [5.74, 6) is 0.718. The van der Waals surface area contributed by atoms with Gasteiger partial charge in [0.15, 0.2) is 0 Å². The number of carbonyl (C=O) groups excluding carboxylic acids is 1. The molecule has 0 radical (unpaired) electrons. The van der Waals surface area contributed by atoms with Crippen LogP contribution in [0.4, 0.5) is 11.4 Å². The molecule has 0 aromatic heterocycles. The lowest BCUT2D eigenvalue weighted by molar-refractivity contribution is -0.115. The van der Waals surface area contributed by atoms with Crippen LogP contribution in [0.25, 0.3) is 0 Å². The van der Waals surface area contributed by atoms with Gasteiger partial charge < -0.3 is 15.8 Å². The number of methoxy groups -OCH3 is 1. The van der Waals surface area contributed by atoms with Crippen molar-refractivity contribution in [3.05, 3.63) is 22.2 Å². The van der Waals surface area contributed by atoms with Crippen molar-refractivity contribution < 1.29 is 9.53 Å². The zero-order valence-electron chi connectivity index (χ0n) is 11.4. The quantitative estimate of drug-likeness (QED) is 0.589. The minimum absolute atomic E-state index is 0.136. The molecule has 1 aromatic carbocycles. The van der Waals surface area contributed by atoms with Gasteiger partial charge >= 0.3 is 0 Å². The Bertz CT molecular complexity index is 449.